The van der Waals surface area contributed by atoms with Gasteiger partial charge in [-0.15, -0.1) is 0 Å². The van der Waals surface area contributed by atoms with E-state index >= 15 is 0 Å². The van der Waals surface area contributed by atoms with E-state index in [9.17, 15) is 32.5 Å². The third kappa shape index (κ3) is 3.27. The highest BCUT2D eigenvalue weighted by Crippen LogP contribution is 2.31. The lowest BCUT2D eigenvalue weighted by atomic mass is 10.0. The number of hydrogen-bond acceptors (Lipinski definition) is 4. The topological polar surface area (TPSA) is 92.5 Å². The van der Waals surface area contributed by atoms with Crippen LogP contribution in [0.5, 0.6) is 0 Å². The lowest BCUT2D eigenvalue weighted by molar-refractivity contribution is -0.387. The van der Waals surface area contributed by atoms with Crippen molar-refractivity contribution in [3.63, 3.8) is 0 Å². The number of nitro benzene ring substituents is 1. The summed E-state index contributed by atoms with van der Waals surface area (Å²) in [5.41, 5.74) is -4.65. The molecule has 0 aliphatic carbocycles. The highest BCUT2D eigenvalue weighted by Gasteiger charge is 2.57. The number of alkyl halides is 3. The van der Waals surface area contributed by atoms with E-state index in [0.717, 1.165) is 18.2 Å². The van der Waals surface area contributed by atoms with Crippen molar-refractivity contribution in [2.45, 2.75) is 25.2 Å². The second kappa shape index (κ2) is 5.64. The van der Waals surface area contributed by atoms with E-state index in [-0.39, 0.29) is 0 Å². The zero-order valence-corrected chi connectivity index (χ0v) is 10.6. The molecule has 116 valence electrons. The van der Waals surface area contributed by atoms with E-state index < -0.39 is 46.2 Å². The van der Waals surface area contributed by atoms with Crippen molar-refractivity contribution >= 4 is 11.7 Å². The van der Waals surface area contributed by atoms with Gasteiger partial charge in [-0.2, -0.15) is 17.6 Å². The molecular formula is C11H10F4N2O4. The van der Waals surface area contributed by atoms with Crippen molar-refractivity contribution in [2.75, 3.05) is 0 Å². The van der Waals surface area contributed by atoms with Crippen LogP contribution in [0.15, 0.2) is 18.2 Å². The monoisotopic (exact) mass is 310 g/mol. The van der Waals surface area contributed by atoms with Crippen molar-refractivity contribution in [2.24, 2.45) is 0 Å². The van der Waals surface area contributed by atoms with Crippen LogP contribution in [0, 0.1) is 15.9 Å². The van der Waals surface area contributed by atoms with Gasteiger partial charge < -0.3 is 5.11 Å². The molecule has 0 aliphatic rings. The molecule has 0 amide bonds. The van der Waals surface area contributed by atoms with Crippen molar-refractivity contribution in [3.8, 4) is 0 Å². The van der Waals surface area contributed by atoms with Gasteiger partial charge in [0.25, 0.3) is 0 Å². The summed E-state index contributed by atoms with van der Waals surface area (Å²) in [5, 5.41) is 20.9. The molecule has 0 aromatic heterocycles. The van der Waals surface area contributed by atoms with E-state index in [2.05, 4.69) is 0 Å². The zero-order valence-electron chi connectivity index (χ0n) is 10.6. The first-order valence-corrected chi connectivity index (χ1v) is 5.47. The number of aliphatic carboxylic acids is 1. The Morgan fingerprint density at radius 3 is 2.43 bits per heavy atom. The van der Waals surface area contributed by atoms with Gasteiger partial charge in [0.1, 0.15) is 0 Å². The summed E-state index contributed by atoms with van der Waals surface area (Å²) >= 11 is 0. The second-order valence-electron chi connectivity index (χ2n) is 4.29. The predicted molar refractivity (Wildman–Crippen MR) is 62.0 cm³/mol. The first kappa shape index (κ1) is 16.8. The molecule has 0 bridgehead atoms. The summed E-state index contributed by atoms with van der Waals surface area (Å²) in [6, 6.07) is 2.96. The van der Waals surface area contributed by atoms with Gasteiger partial charge >= 0.3 is 17.8 Å². The molecule has 0 saturated carbocycles. The SMILES string of the molecule is CC(NCc1cccc([N+](=O)[O-])c1F)(C(=O)O)C(F)(F)F. The van der Waals surface area contributed by atoms with Crippen molar-refractivity contribution in [3.05, 3.63) is 39.7 Å². The van der Waals surface area contributed by atoms with Crippen LogP contribution in [-0.4, -0.2) is 27.7 Å². The number of nitrogens with one attached hydrogen (secondary N) is 1. The van der Waals surface area contributed by atoms with Crippen LogP contribution in [0.25, 0.3) is 0 Å². The van der Waals surface area contributed by atoms with Crippen LogP contribution in [0.4, 0.5) is 23.2 Å². The van der Waals surface area contributed by atoms with Crippen LogP contribution < -0.4 is 5.32 Å². The fourth-order valence-electron chi connectivity index (χ4n) is 1.41. The third-order valence-electron chi connectivity index (χ3n) is 2.88. The molecule has 1 aromatic carbocycles. The summed E-state index contributed by atoms with van der Waals surface area (Å²) in [7, 11) is 0. The highest BCUT2D eigenvalue weighted by atomic mass is 19.4. The Bertz CT molecular complexity index is 576. The maximum atomic E-state index is 13.7. The maximum Gasteiger partial charge on any atom is 0.417 e. The van der Waals surface area contributed by atoms with Gasteiger partial charge in [-0.1, -0.05) is 12.1 Å². The maximum absolute atomic E-state index is 13.7. The Morgan fingerprint density at radius 1 is 1.43 bits per heavy atom. The largest absolute Gasteiger partial charge is 0.480 e. The Kier molecular flexibility index (Phi) is 4.52. The van der Waals surface area contributed by atoms with Gasteiger partial charge in [0.15, 0.2) is 0 Å². The van der Waals surface area contributed by atoms with Gasteiger partial charge in [0.2, 0.25) is 11.4 Å². The van der Waals surface area contributed by atoms with E-state index in [0.29, 0.717) is 6.92 Å². The van der Waals surface area contributed by atoms with Crippen molar-refractivity contribution in [1.29, 1.82) is 0 Å². The lowest BCUT2D eigenvalue weighted by Crippen LogP contribution is -2.59. The summed E-state index contributed by atoms with van der Waals surface area (Å²) in [6.07, 6.45) is -5.13. The quantitative estimate of drug-likeness (QED) is 0.494. The number of rotatable bonds is 5. The normalized spacial score (nSPS) is 14.5. The molecule has 1 unspecified atom stereocenters. The number of carboxylic acids is 1. The minimum Gasteiger partial charge on any atom is -0.480 e. The smallest absolute Gasteiger partial charge is 0.417 e. The number of carbonyl (C=O) groups is 1. The van der Waals surface area contributed by atoms with Gasteiger partial charge in [-0.05, 0) is 6.92 Å². The minimum absolute atomic E-state index is 0.380. The van der Waals surface area contributed by atoms with Crippen LogP contribution in [-0.2, 0) is 11.3 Å². The van der Waals surface area contributed by atoms with Gasteiger partial charge in [0, 0.05) is 18.2 Å². The number of nitro groups is 1. The van der Waals surface area contributed by atoms with Crippen LogP contribution in [0.2, 0.25) is 0 Å². The zero-order chi connectivity index (χ0) is 16.4. The minimum atomic E-state index is -5.13. The first-order chi connectivity index (χ1) is 9.50. The summed E-state index contributed by atoms with van der Waals surface area (Å²) in [6.45, 7) is -0.458. The summed E-state index contributed by atoms with van der Waals surface area (Å²) in [5.74, 6) is -3.51. The van der Waals surface area contributed by atoms with Gasteiger partial charge in [-0.3, -0.25) is 15.4 Å². The molecule has 2 N–H and O–H groups in total. The number of nitrogens with zero attached hydrogens (tertiary/aromatic N) is 1. The van der Waals surface area contributed by atoms with Crippen LogP contribution in [0.3, 0.4) is 0 Å². The van der Waals surface area contributed by atoms with Gasteiger partial charge in [-0.25, -0.2) is 4.79 Å². The molecule has 10 heteroatoms. The Morgan fingerprint density at radius 2 is 2.00 bits per heavy atom. The Labute approximate surface area is 115 Å². The molecule has 0 fully saturated rings. The second-order valence-corrected chi connectivity index (χ2v) is 4.29. The highest BCUT2D eigenvalue weighted by molar-refractivity contribution is 5.79. The Hall–Kier alpha value is -2.23. The summed E-state index contributed by atoms with van der Waals surface area (Å²) in [4.78, 5) is 20.2. The van der Waals surface area contributed by atoms with E-state index in [1.54, 1.807) is 5.32 Å². The molecule has 1 aromatic rings. The van der Waals surface area contributed by atoms with Crippen LogP contribution >= 0.6 is 0 Å². The molecule has 6 nitrogen and oxygen atoms in total. The predicted octanol–water partition coefficient (Wildman–Crippen LogP) is 2.23. The molecule has 0 spiro atoms. The molecule has 1 rings (SSSR count). The molecule has 1 atom stereocenters. The fraction of sp³-hybridized carbons (Fsp3) is 0.364. The fourth-order valence-corrected chi connectivity index (χ4v) is 1.41. The molecule has 0 heterocycles. The average Bonchev–Trinajstić information content (AvgIpc) is 2.35. The Balaban J connectivity index is 3.05. The standard InChI is InChI=1S/C11H10F4N2O4/c1-10(9(18)19,11(13,14)15)16-5-6-3-2-4-7(8(6)12)17(20)21/h2-4,16H,5H2,1H3,(H,18,19). The first-order valence-electron chi connectivity index (χ1n) is 5.47. The average molecular weight is 310 g/mol. The van der Waals surface area contributed by atoms with Crippen molar-refractivity contribution in [1.82, 2.24) is 5.32 Å². The van der Waals surface area contributed by atoms with Crippen molar-refractivity contribution < 1.29 is 32.4 Å². The van der Waals surface area contributed by atoms with E-state index in [1.165, 1.54) is 0 Å². The molecule has 0 radical (unpaired) electrons. The van der Waals surface area contributed by atoms with E-state index in [1.807, 2.05) is 0 Å². The molecule has 0 aliphatic heterocycles. The number of hydrogen-bond donors (Lipinski definition) is 2. The molecule has 21 heavy (non-hydrogen) atoms. The molecular weight excluding hydrogens is 300 g/mol. The number of halogens is 4. The summed E-state index contributed by atoms with van der Waals surface area (Å²) < 4.78 is 51.8. The van der Waals surface area contributed by atoms with E-state index in [4.69, 9.17) is 5.11 Å². The molecule has 0 saturated heterocycles. The number of carboxylic acid groups (broad SMARTS) is 1. The third-order valence-corrected chi connectivity index (χ3v) is 2.88. The van der Waals surface area contributed by atoms with Gasteiger partial charge in [0.05, 0.1) is 4.92 Å². The lowest BCUT2D eigenvalue weighted by Gasteiger charge is -2.28. The number of benzene rings is 1. The van der Waals surface area contributed by atoms with Crippen LogP contribution in [0.1, 0.15) is 12.5 Å².